The van der Waals surface area contributed by atoms with E-state index in [-0.39, 0.29) is 62.4 Å². The van der Waals surface area contributed by atoms with Gasteiger partial charge in [0.2, 0.25) is 0 Å². The van der Waals surface area contributed by atoms with E-state index in [4.69, 9.17) is 4.42 Å². The number of halogens is 4. The standard InChI is InChI=1S/C8H4BF4O.K/c10-8-5-3-4-14-7(5)2-1-6(8)9(11,12)13;/h1-4H;/q-1;+1. The number of fused-ring (bicyclic) bond motifs is 1. The fraction of sp³-hybridized carbons (Fsp3) is 0. The summed E-state index contributed by atoms with van der Waals surface area (Å²) in [5, 5.41) is -0.137. The van der Waals surface area contributed by atoms with E-state index in [2.05, 4.69) is 0 Å². The predicted octanol–water partition coefficient (Wildman–Crippen LogP) is -0.370. The SMILES string of the molecule is Fc1c([B-](F)(F)F)ccc2occc12.[K+]. The summed E-state index contributed by atoms with van der Waals surface area (Å²) in [6, 6.07) is 2.99. The molecule has 1 heterocycles. The van der Waals surface area contributed by atoms with Crippen LogP contribution in [0.25, 0.3) is 11.0 Å². The molecule has 74 valence electrons. The number of furan rings is 1. The van der Waals surface area contributed by atoms with E-state index in [0.717, 1.165) is 12.3 Å². The summed E-state index contributed by atoms with van der Waals surface area (Å²) >= 11 is 0. The average Bonchev–Trinajstić information content (AvgIpc) is 2.50. The molecule has 0 saturated carbocycles. The molecule has 1 nitrogen and oxygen atoms in total. The van der Waals surface area contributed by atoms with Gasteiger partial charge in [0, 0.05) is 0 Å². The van der Waals surface area contributed by atoms with Crippen LogP contribution < -0.4 is 56.8 Å². The first-order chi connectivity index (χ1) is 6.50. The molecular weight excluding hydrogens is 238 g/mol. The van der Waals surface area contributed by atoms with Crippen LogP contribution >= 0.6 is 0 Å². The molecule has 0 N–H and O–H groups in total. The van der Waals surface area contributed by atoms with Crippen LogP contribution in [-0.2, 0) is 0 Å². The van der Waals surface area contributed by atoms with Gasteiger partial charge in [-0.1, -0.05) is 11.5 Å². The zero-order chi connectivity index (χ0) is 10.3. The summed E-state index contributed by atoms with van der Waals surface area (Å²) in [4.78, 5) is 0. The summed E-state index contributed by atoms with van der Waals surface area (Å²) in [6.07, 6.45) is 1.15. The molecule has 2 aromatic rings. The Morgan fingerprint density at radius 1 is 1.07 bits per heavy atom. The van der Waals surface area contributed by atoms with Crippen molar-refractivity contribution < 1.29 is 73.1 Å². The first-order valence-electron chi connectivity index (χ1n) is 3.85. The molecule has 0 aliphatic carbocycles. The number of hydrogen-bond acceptors (Lipinski definition) is 1. The van der Waals surface area contributed by atoms with E-state index < -0.39 is 18.3 Å². The van der Waals surface area contributed by atoms with Crippen molar-refractivity contribution in [2.75, 3.05) is 0 Å². The van der Waals surface area contributed by atoms with Crippen molar-refractivity contribution in [3.8, 4) is 0 Å². The zero-order valence-corrected chi connectivity index (χ0v) is 10.9. The Bertz CT molecular complexity index is 479. The van der Waals surface area contributed by atoms with Gasteiger partial charge in [0.1, 0.15) is 11.4 Å². The second kappa shape index (κ2) is 4.59. The Morgan fingerprint density at radius 3 is 2.33 bits per heavy atom. The van der Waals surface area contributed by atoms with Crippen molar-refractivity contribution in [2.24, 2.45) is 0 Å². The van der Waals surface area contributed by atoms with Crippen molar-refractivity contribution in [3.63, 3.8) is 0 Å². The van der Waals surface area contributed by atoms with Gasteiger partial charge in [-0.3, -0.25) is 0 Å². The van der Waals surface area contributed by atoms with Gasteiger partial charge >= 0.3 is 58.4 Å². The van der Waals surface area contributed by atoms with Gasteiger partial charge in [0.15, 0.2) is 0 Å². The largest absolute Gasteiger partial charge is 1.00 e. The number of rotatable bonds is 1. The molecule has 0 radical (unpaired) electrons. The quantitative estimate of drug-likeness (QED) is 0.491. The maximum atomic E-state index is 13.2. The molecule has 0 bridgehead atoms. The van der Waals surface area contributed by atoms with Gasteiger partial charge < -0.3 is 17.4 Å². The third-order valence-electron chi connectivity index (χ3n) is 1.95. The van der Waals surface area contributed by atoms with Crippen molar-refractivity contribution in [1.82, 2.24) is 0 Å². The smallest absolute Gasteiger partial charge is 0.464 e. The third-order valence-corrected chi connectivity index (χ3v) is 1.95. The Morgan fingerprint density at radius 2 is 1.73 bits per heavy atom. The number of benzene rings is 1. The fourth-order valence-corrected chi connectivity index (χ4v) is 1.28. The molecule has 0 unspecified atom stereocenters. The van der Waals surface area contributed by atoms with Crippen molar-refractivity contribution >= 4 is 23.4 Å². The van der Waals surface area contributed by atoms with Gasteiger partial charge in [-0.15, -0.1) is 0 Å². The molecule has 0 aliphatic rings. The molecule has 1 aromatic heterocycles. The summed E-state index contributed by atoms with van der Waals surface area (Å²) in [5.41, 5.74) is -1.09. The maximum Gasteiger partial charge on any atom is 1.00 e. The zero-order valence-electron chi connectivity index (χ0n) is 7.81. The Labute approximate surface area is 125 Å². The van der Waals surface area contributed by atoms with Crippen LogP contribution in [0.15, 0.2) is 28.9 Å². The van der Waals surface area contributed by atoms with E-state index >= 15 is 0 Å². The molecule has 0 aliphatic heterocycles. The fourth-order valence-electron chi connectivity index (χ4n) is 1.28. The van der Waals surface area contributed by atoms with Crippen molar-refractivity contribution in [1.29, 1.82) is 0 Å². The summed E-state index contributed by atoms with van der Waals surface area (Å²) in [6.45, 7) is -5.31. The minimum Gasteiger partial charge on any atom is -0.464 e. The number of hydrogen-bond donors (Lipinski definition) is 0. The first-order valence-corrected chi connectivity index (χ1v) is 3.85. The summed E-state index contributed by atoms with van der Waals surface area (Å²) in [7, 11) is 0. The van der Waals surface area contributed by atoms with E-state index in [1.807, 2.05) is 0 Å². The van der Waals surface area contributed by atoms with Gasteiger partial charge in [0.05, 0.1) is 11.6 Å². The van der Waals surface area contributed by atoms with Gasteiger partial charge in [-0.05, 0) is 12.1 Å². The van der Waals surface area contributed by atoms with E-state index in [1.165, 1.54) is 6.07 Å². The predicted molar refractivity (Wildman–Crippen MR) is 44.9 cm³/mol. The van der Waals surface area contributed by atoms with Crippen LogP contribution in [0.5, 0.6) is 0 Å². The Kier molecular flexibility index (Phi) is 4.05. The van der Waals surface area contributed by atoms with Crippen molar-refractivity contribution in [2.45, 2.75) is 0 Å². The average molecular weight is 242 g/mol. The van der Waals surface area contributed by atoms with Gasteiger partial charge in [-0.25, -0.2) is 4.39 Å². The molecule has 0 amide bonds. The van der Waals surface area contributed by atoms with Crippen LogP contribution in [0.1, 0.15) is 0 Å². The minimum atomic E-state index is -5.31. The van der Waals surface area contributed by atoms with E-state index in [1.54, 1.807) is 0 Å². The second-order valence-electron chi connectivity index (χ2n) is 2.88. The first kappa shape index (κ1) is 13.2. The van der Waals surface area contributed by atoms with E-state index in [0.29, 0.717) is 6.07 Å². The molecular formula is C8H4BF4KO. The Balaban J connectivity index is 0.00000112. The third kappa shape index (κ3) is 2.47. The van der Waals surface area contributed by atoms with Gasteiger partial charge in [0.25, 0.3) is 0 Å². The Hall–Kier alpha value is 0.181. The monoisotopic (exact) mass is 242 g/mol. The molecule has 0 fully saturated rings. The van der Waals surface area contributed by atoms with Crippen LogP contribution in [0.2, 0.25) is 0 Å². The molecule has 0 spiro atoms. The summed E-state index contributed by atoms with van der Waals surface area (Å²) < 4.78 is 54.8. The molecule has 0 atom stereocenters. The van der Waals surface area contributed by atoms with Crippen molar-refractivity contribution in [3.05, 3.63) is 30.3 Å². The second-order valence-corrected chi connectivity index (χ2v) is 2.88. The normalized spacial score (nSPS) is 11.5. The molecule has 7 heteroatoms. The molecule has 0 saturated heterocycles. The van der Waals surface area contributed by atoms with Gasteiger partial charge in [-0.2, -0.15) is 0 Å². The minimum absolute atomic E-state index is 0. The van der Waals surface area contributed by atoms with Crippen LogP contribution in [0, 0.1) is 5.82 Å². The molecule has 1 aromatic carbocycles. The molecule has 2 rings (SSSR count). The maximum absolute atomic E-state index is 13.2. The molecule has 15 heavy (non-hydrogen) atoms. The van der Waals surface area contributed by atoms with Crippen LogP contribution in [0.4, 0.5) is 17.3 Å². The topological polar surface area (TPSA) is 13.1 Å². The van der Waals surface area contributed by atoms with Crippen LogP contribution in [-0.4, -0.2) is 6.98 Å². The van der Waals surface area contributed by atoms with E-state index in [9.17, 15) is 17.3 Å². The van der Waals surface area contributed by atoms with Crippen LogP contribution in [0.3, 0.4) is 0 Å². The summed E-state index contributed by atoms with van der Waals surface area (Å²) in [5.74, 6) is -1.26.